The van der Waals surface area contributed by atoms with E-state index in [1.807, 2.05) is 0 Å². The van der Waals surface area contributed by atoms with E-state index in [2.05, 4.69) is 40.8 Å². The van der Waals surface area contributed by atoms with Crippen molar-refractivity contribution in [2.75, 3.05) is 24.7 Å². The lowest BCUT2D eigenvalue weighted by Gasteiger charge is -2.31. The van der Waals surface area contributed by atoms with Crippen LogP contribution in [0.25, 0.3) is 0 Å². The first-order chi connectivity index (χ1) is 10.7. The molecule has 0 atom stereocenters. The maximum Gasteiger partial charge on any atom is 0.234 e. The zero-order chi connectivity index (χ0) is 15.5. The lowest BCUT2D eigenvalue weighted by atomic mass is 9.93. The van der Waals surface area contributed by atoms with E-state index in [1.54, 1.807) is 12.4 Å². The zero-order valence-electron chi connectivity index (χ0n) is 13.0. The third-order valence-electron chi connectivity index (χ3n) is 3.97. The first kappa shape index (κ1) is 14.8. The highest BCUT2D eigenvalue weighted by Gasteiger charge is 2.19. The summed E-state index contributed by atoms with van der Waals surface area (Å²) in [5, 5.41) is 8.82. The molecule has 0 bridgehead atoms. The molecule has 3 rings (SSSR count). The fourth-order valence-electron chi connectivity index (χ4n) is 3.02. The van der Waals surface area contributed by atoms with Gasteiger partial charge in [0.05, 0.1) is 19.0 Å². The Labute approximate surface area is 130 Å². The van der Waals surface area contributed by atoms with E-state index in [0.29, 0.717) is 5.88 Å². The van der Waals surface area contributed by atoms with Gasteiger partial charge in [-0.1, -0.05) is 17.7 Å². The van der Waals surface area contributed by atoms with Crippen LogP contribution in [-0.2, 0) is 13.0 Å². The van der Waals surface area contributed by atoms with Crippen molar-refractivity contribution in [2.24, 2.45) is 0 Å². The van der Waals surface area contributed by atoms with Crippen molar-refractivity contribution < 1.29 is 9.84 Å². The maximum atomic E-state index is 8.82. The number of hydrogen-bond donors (Lipinski definition) is 1. The van der Waals surface area contributed by atoms with Crippen molar-refractivity contribution in [1.82, 2.24) is 9.97 Å². The molecule has 2 aromatic rings. The van der Waals surface area contributed by atoms with Crippen LogP contribution in [0.2, 0.25) is 0 Å². The van der Waals surface area contributed by atoms with Crippen LogP contribution < -0.4 is 9.64 Å². The fourth-order valence-corrected chi connectivity index (χ4v) is 3.02. The van der Waals surface area contributed by atoms with Gasteiger partial charge in [-0.25, -0.2) is 0 Å². The summed E-state index contributed by atoms with van der Waals surface area (Å²) in [5.41, 5.74) is 5.50. The average molecular weight is 299 g/mol. The number of aryl methyl sites for hydroxylation is 2. The Morgan fingerprint density at radius 3 is 2.95 bits per heavy atom. The summed E-state index contributed by atoms with van der Waals surface area (Å²) in [6.07, 6.45) is 4.36. The van der Waals surface area contributed by atoms with Crippen LogP contribution in [0.3, 0.4) is 0 Å². The van der Waals surface area contributed by atoms with Gasteiger partial charge in [-0.3, -0.25) is 4.98 Å². The van der Waals surface area contributed by atoms with Crippen molar-refractivity contribution in [3.05, 3.63) is 46.8 Å². The predicted molar refractivity (Wildman–Crippen MR) is 85.3 cm³/mol. The van der Waals surface area contributed by atoms with Crippen LogP contribution in [0.5, 0.6) is 5.88 Å². The Bertz CT molecular complexity index is 673. The second-order valence-corrected chi connectivity index (χ2v) is 5.68. The van der Waals surface area contributed by atoms with Crippen LogP contribution in [0, 0.1) is 13.8 Å². The molecule has 0 radical (unpaired) electrons. The highest BCUT2D eigenvalue weighted by Crippen LogP contribution is 2.27. The molecule has 0 spiro atoms. The Kier molecular flexibility index (Phi) is 4.24. The molecule has 5 nitrogen and oxygen atoms in total. The topological polar surface area (TPSA) is 58.5 Å². The molecule has 1 aliphatic rings. The van der Waals surface area contributed by atoms with E-state index < -0.39 is 0 Å². The number of aliphatic hydroxyl groups is 1. The molecular weight excluding hydrogens is 278 g/mol. The lowest BCUT2D eigenvalue weighted by Crippen LogP contribution is -2.31. The number of aromatic nitrogens is 2. The SMILES string of the molecule is Cc1cc(C)c2c(c1)CN(c1cncc(OCCO)n1)CC2. The summed E-state index contributed by atoms with van der Waals surface area (Å²) in [6, 6.07) is 4.51. The highest BCUT2D eigenvalue weighted by molar-refractivity contribution is 5.47. The van der Waals surface area contributed by atoms with Gasteiger partial charge >= 0.3 is 0 Å². The molecule has 0 unspecified atom stereocenters. The predicted octanol–water partition coefficient (Wildman–Crippen LogP) is 2.03. The van der Waals surface area contributed by atoms with E-state index in [4.69, 9.17) is 9.84 Å². The van der Waals surface area contributed by atoms with E-state index in [9.17, 15) is 0 Å². The monoisotopic (exact) mass is 299 g/mol. The summed E-state index contributed by atoms with van der Waals surface area (Å²) in [7, 11) is 0. The molecule has 1 N–H and O–H groups in total. The molecule has 116 valence electrons. The summed E-state index contributed by atoms with van der Waals surface area (Å²) >= 11 is 0. The van der Waals surface area contributed by atoms with Gasteiger partial charge in [-0.15, -0.1) is 0 Å². The number of benzene rings is 1. The number of hydrogen-bond acceptors (Lipinski definition) is 5. The molecule has 0 aliphatic carbocycles. The minimum absolute atomic E-state index is 0.0262. The van der Waals surface area contributed by atoms with E-state index in [1.165, 1.54) is 22.3 Å². The van der Waals surface area contributed by atoms with Gasteiger partial charge in [0, 0.05) is 13.1 Å². The molecule has 1 aromatic carbocycles. The number of fused-ring (bicyclic) bond motifs is 1. The van der Waals surface area contributed by atoms with Gasteiger partial charge in [-0.05, 0) is 37.0 Å². The zero-order valence-corrected chi connectivity index (χ0v) is 13.0. The van der Waals surface area contributed by atoms with E-state index in [-0.39, 0.29) is 13.2 Å². The summed E-state index contributed by atoms with van der Waals surface area (Å²) in [6.45, 7) is 6.30. The number of nitrogens with zero attached hydrogens (tertiary/aromatic N) is 3. The second kappa shape index (κ2) is 6.32. The van der Waals surface area contributed by atoms with Gasteiger partial charge in [0.25, 0.3) is 0 Å². The summed E-state index contributed by atoms with van der Waals surface area (Å²) < 4.78 is 5.34. The first-order valence-corrected chi connectivity index (χ1v) is 7.57. The number of anilines is 1. The van der Waals surface area contributed by atoms with Crippen molar-refractivity contribution in [3.63, 3.8) is 0 Å². The molecule has 0 amide bonds. The van der Waals surface area contributed by atoms with Crippen LogP contribution in [0.1, 0.15) is 22.3 Å². The Morgan fingerprint density at radius 2 is 2.14 bits per heavy atom. The van der Waals surface area contributed by atoms with E-state index >= 15 is 0 Å². The molecule has 22 heavy (non-hydrogen) atoms. The van der Waals surface area contributed by atoms with Gasteiger partial charge < -0.3 is 14.7 Å². The van der Waals surface area contributed by atoms with Crippen molar-refractivity contribution in [1.29, 1.82) is 0 Å². The van der Waals surface area contributed by atoms with Crippen LogP contribution >= 0.6 is 0 Å². The minimum atomic E-state index is -0.0262. The standard InChI is InChI=1S/C17H21N3O2/c1-12-7-13(2)15-3-4-20(11-14(15)8-12)16-9-18-10-17(19-16)22-6-5-21/h7-10,21H,3-6,11H2,1-2H3. The van der Waals surface area contributed by atoms with Crippen molar-refractivity contribution in [3.8, 4) is 5.88 Å². The first-order valence-electron chi connectivity index (χ1n) is 7.57. The summed E-state index contributed by atoms with van der Waals surface area (Å²) in [4.78, 5) is 10.9. The van der Waals surface area contributed by atoms with E-state index in [0.717, 1.165) is 25.3 Å². The Morgan fingerprint density at radius 1 is 1.27 bits per heavy atom. The Balaban J connectivity index is 1.82. The number of aliphatic hydroxyl groups excluding tert-OH is 1. The highest BCUT2D eigenvalue weighted by atomic mass is 16.5. The second-order valence-electron chi connectivity index (χ2n) is 5.68. The van der Waals surface area contributed by atoms with Crippen molar-refractivity contribution in [2.45, 2.75) is 26.8 Å². The van der Waals surface area contributed by atoms with Gasteiger partial charge in [0.2, 0.25) is 5.88 Å². The third-order valence-corrected chi connectivity index (χ3v) is 3.97. The molecule has 0 saturated carbocycles. The third kappa shape index (κ3) is 3.04. The fraction of sp³-hybridized carbons (Fsp3) is 0.412. The Hall–Kier alpha value is -2.14. The normalized spacial score (nSPS) is 13.9. The van der Waals surface area contributed by atoms with Crippen molar-refractivity contribution >= 4 is 5.82 Å². The molecular formula is C17H21N3O2. The largest absolute Gasteiger partial charge is 0.474 e. The van der Waals surface area contributed by atoms with Crippen LogP contribution in [0.15, 0.2) is 24.5 Å². The molecule has 0 saturated heterocycles. The molecule has 0 fully saturated rings. The number of rotatable bonds is 4. The average Bonchev–Trinajstić information content (AvgIpc) is 2.52. The smallest absolute Gasteiger partial charge is 0.234 e. The molecule has 5 heteroatoms. The molecule has 1 aromatic heterocycles. The summed E-state index contributed by atoms with van der Waals surface area (Å²) in [5.74, 6) is 1.28. The lowest BCUT2D eigenvalue weighted by molar-refractivity contribution is 0.196. The number of ether oxygens (including phenoxy) is 1. The molecule has 1 aliphatic heterocycles. The quantitative estimate of drug-likeness (QED) is 0.936. The van der Waals surface area contributed by atoms with Crippen LogP contribution in [0.4, 0.5) is 5.82 Å². The van der Waals surface area contributed by atoms with Gasteiger partial charge in [0.1, 0.15) is 6.61 Å². The maximum absolute atomic E-state index is 8.82. The molecule has 2 heterocycles. The minimum Gasteiger partial charge on any atom is -0.474 e. The van der Waals surface area contributed by atoms with Gasteiger partial charge in [0.15, 0.2) is 5.82 Å². The van der Waals surface area contributed by atoms with Gasteiger partial charge in [-0.2, -0.15) is 4.98 Å². The van der Waals surface area contributed by atoms with Crippen LogP contribution in [-0.4, -0.2) is 34.8 Å².